The van der Waals surface area contributed by atoms with Gasteiger partial charge in [0, 0.05) is 17.5 Å². The number of rotatable bonds is 4. The van der Waals surface area contributed by atoms with Gasteiger partial charge in [-0.3, -0.25) is 0 Å². The van der Waals surface area contributed by atoms with Crippen LogP contribution in [0.25, 0.3) is 10.9 Å². The van der Waals surface area contributed by atoms with Crippen molar-refractivity contribution in [2.24, 2.45) is 5.73 Å². The van der Waals surface area contributed by atoms with Gasteiger partial charge in [-0.1, -0.05) is 0 Å². The zero-order valence-electron chi connectivity index (χ0n) is 10.7. The fraction of sp³-hybridized carbons (Fsp3) is 0.308. The second-order valence-corrected chi connectivity index (χ2v) is 3.73. The molecule has 0 aliphatic heterocycles. The maximum atomic E-state index is 5.69. The highest BCUT2D eigenvalue weighted by Crippen LogP contribution is 2.34. The maximum absolute atomic E-state index is 5.69. The number of benzene rings is 1. The average molecular weight is 248 g/mol. The molecule has 0 amide bonds. The first-order chi connectivity index (χ1) is 8.74. The summed E-state index contributed by atoms with van der Waals surface area (Å²) < 4.78 is 15.8. The van der Waals surface area contributed by atoms with Crippen LogP contribution in [0.3, 0.4) is 0 Å². The van der Waals surface area contributed by atoms with E-state index in [-0.39, 0.29) is 0 Å². The van der Waals surface area contributed by atoms with Crippen LogP contribution in [0.2, 0.25) is 0 Å². The number of methoxy groups -OCH3 is 3. The molecule has 1 heterocycles. The number of hydrogen-bond donors (Lipinski definition) is 1. The number of ether oxygens (including phenoxy) is 3. The molecule has 0 fully saturated rings. The van der Waals surface area contributed by atoms with Crippen LogP contribution in [0.5, 0.6) is 17.4 Å². The molecule has 0 radical (unpaired) electrons. The Kier molecular flexibility index (Phi) is 3.53. The third-order valence-corrected chi connectivity index (χ3v) is 2.80. The molecule has 2 rings (SSSR count). The molecule has 0 spiro atoms. The van der Waals surface area contributed by atoms with E-state index in [0.717, 1.165) is 16.7 Å². The molecule has 2 aromatic rings. The highest BCUT2D eigenvalue weighted by atomic mass is 16.5. The molecule has 0 bridgehead atoms. The van der Waals surface area contributed by atoms with Gasteiger partial charge in [-0.05, 0) is 18.2 Å². The fourth-order valence-electron chi connectivity index (χ4n) is 1.90. The van der Waals surface area contributed by atoms with E-state index in [1.807, 2.05) is 18.2 Å². The predicted molar refractivity (Wildman–Crippen MR) is 69.3 cm³/mol. The van der Waals surface area contributed by atoms with Crippen molar-refractivity contribution in [1.29, 1.82) is 0 Å². The van der Waals surface area contributed by atoms with Crippen LogP contribution in [-0.2, 0) is 6.54 Å². The summed E-state index contributed by atoms with van der Waals surface area (Å²) in [6, 6.07) is 5.58. The lowest BCUT2D eigenvalue weighted by atomic mass is 10.1. The van der Waals surface area contributed by atoms with Crippen molar-refractivity contribution >= 4 is 10.9 Å². The third kappa shape index (κ3) is 1.93. The van der Waals surface area contributed by atoms with E-state index in [1.54, 1.807) is 21.3 Å². The third-order valence-electron chi connectivity index (χ3n) is 2.80. The monoisotopic (exact) mass is 248 g/mol. The summed E-state index contributed by atoms with van der Waals surface area (Å²) in [4.78, 5) is 4.44. The van der Waals surface area contributed by atoms with Crippen molar-refractivity contribution in [3.63, 3.8) is 0 Å². The lowest BCUT2D eigenvalue weighted by Crippen LogP contribution is -2.03. The topological polar surface area (TPSA) is 66.6 Å². The highest BCUT2D eigenvalue weighted by Gasteiger charge is 2.13. The van der Waals surface area contributed by atoms with E-state index >= 15 is 0 Å². The van der Waals surface area contributed by atoms with Crippen LogP contribution in [0.15, 0.2) is 18.2 Å². The first-order valence-corrected chi connectivity index (χ1v) is 5.53. The standard InChI is InChI=1S/C13H16N2O3/c1-16-10-4-5-11(17-2)12-9(10)6-8(7-14)13(15-12)18-3/h4-6H,7,14H2,1-3H3. The first kappa shape index (κ1) is 12.4. The number of pyridine rings is 1. The van der Waals surface area contributed by atoms with Crippen molar-refractivity contribution in [3.05, 3.63) is 23.8 Å². The summed E-state index contributed by atoms with van der Waals surface area (Å²) >= 11 is 0. The fourth-order valence-corrected chi connectivity index (χ4v) is 1.90. The van der Waals surface area contributed by atoms with E-state index in [9.17, 15) is 0 Å². The van der Waals surface area contributed by atoms with Crippen LogP contribution in [-0.4, -0.2) is 26.3 Å². The summed E-state index contributed by atoms with van der Waals surface area (Å²) in [7, 11) is 4.79. The van der Waals surface area contributed by atoms with E-state index in [1.165, 1.54) is 0 Å². The van der Waals surface area contributed by atoms with Gasteiger partial charge in [-0.15, -0.1) is 0 Å². The molecule has 0 aliphatic carbocycles. The Morgan fingerprint density at radius 3 is 2.28 bits per heavy atom. The van der Waals surface area contributed by atoms with Gasteiger partial charge in [0.2, 0.25) is 5.88 Å². The van der Waals surface area contributed by atoms with Gasteiger partial charge >= 0.3 is 0 Å². The Hall–Kier alpha value is -2.01. The lowest BCUT2D eigenvalue weighted by molar-refractivity contribution is 0.390. The minimum atomic E-state index is 0.354. The van der Waals surface area contributed by atoms with E-state index in [0.29, 0.717) is 23.7 Å². The second-order valence-electron chi connectivity index (χ2n) is 3.73. The highest BCUT2D eigenvalue weighted by molar-refractivity contribution is 5.91. The van der Waals surface area contributed by atoms with Crippen molar-refractivity contribution in [1.82, 2.24) is 4.98 Å². The Morgan fingerprint density at radius 1 is 1.06 bits per heavy atom. The van der Waals surface area contributed by atoms with E-state index in [4.69, 9.17) is 19.9 Å². The molecule has 5 heteroatoms. The molecule has 1 aromatic heterocycles. The molecular weight excluding hydrogens is 232 g/mol. The molecule has 0 saturated heterocycles. The number of aromatic nitrogens is 1. The van der Waals surface area contributed by atoms with E-state index < -0.39 is 0 Å². The molecule has 18 heavy (non-hydrogen) atoms. The summed E-state index contributed by atoms with van der Waals surface area (Å²) in [6.45, 7) is 0.354. The molecular formula is C13H16N2O3. The van der Waals surface area contributed by atoms with Crippen LogP contribution >= 0.6 is 0 Å². The van der Waals surface area contributed by atoms with Gasteiger partial charge in [0.1, 0.15) is 17.0 Å². The van der Waals surface area contributed by atoms with Gasteiger partial charge in [-0.25, -0.2) is 4.98 Å². The van der Waals surface area contributed by atoms with Gasteiger partial charge < -0.3 is 19.9 Å². The van der Waals surface area contributed by atoms with Gasteiger partial charge in [-0.2, -0.15) is 0 Å². The molecule has 0 unspecified atom stereocenters. The predicted octanol–water partition coefficient (Wildman–Crippen LogP) is 1.72. The Morgan fingerprint density at radius 2 is 1.72 bits per heavy atom. The second kappa shape index (κ2) is 5.10. The first-order valence-electron chi connectivity index (χ1n) is 5.53. The largest absolute Gasteiger partial charge is 0.496 e. The summed E-state index contributed by atoms with van der Waals surface area (Å²) in [5.41, 5.74) is 7.22. The lowest BCUT2D eigenvalue weighted by Gasteiger charge is -2.12. The molecule has 1 aromatic carbocycles. The zero-order chi connectivity index (χ0) is 13.1. The number of hydrogen-bond acceptors (Lipinski definition) is 5. The van der Waals surface area contributed by atoms with Crippen LogP contribution < -0.4 is 19.9 Å². The number of nitrogens with two attached hydrogens (primary N) is 1. The molecule has 0 saturated carbocycles. The minimum absolute atomic E-state index is 0.354. The smallest absolute Gasteiger partial charge is 0.218 e. The molecule has 96 valence electrons. The van der Waals surface area contributed by atoms with Crippen LogP contribution in [0.4, 0.5) is 0 Å². The Labute approximate surface area is 105 Å². The van der Waals surface area contributed by atoms with Crippen molar-refractivity contribution < 1.29 is 14.2 Å². The van der Waals surface area contributed by atoms with Gasteiger partial charge in [0.15, 0.2) is 0 Å². The van der Waals surface area contributed by atoms with Crippen molar-refractivity contribution in [2.45, 2.75) is 6.54 Å². The van der Waals surface area contributed by atoms with Gasteiger partial charge in [0.25, 0.3) is 0 Å². The van der Waals surface area contributed by atoms with E-state index in [2.05, 4.69) is 4.98 Å². The average Bonchev–Trinajstić information content (AvgIpc) is 2.44. The van der Waals surface area contributed by atoms with Crippen molar-refractivity contribution in [3.8, 4) is 17.4 Å². The number of nitrogens with zero attached hydrogens (tertiary/aromatic N) is 1. The molecule has 5 nitrogen and oxygen atoms in total. The number of fused-ring (bicyclic) bond motifs is 1. The molecule has 0 atom stereocenters. The Bertz CT molecular complexity index is 519. The Balaban J connectivity index is 2.80. The quantitative estimate of drug-likeness (QED) is 0.892. The SMILES string of the molecule is COc1nc2c(OC)ccc(OC)c2cc1CN. The van der Waals surface area contributed by atoms with Crippen LogP contribution in [0.1, 0.15) is 5.56 Å². The molecule has 2 N–H and O–H groups in total. The minimum Gasteiger partial charge on any atom is -0.496 e. The van der Waals surface area contributed by atoms with Crippen molar-refractivity contribution in [2.75, 3.05) is 21.3 Å². The van der Waals surface area contributed by atoms with Gasteiger partial charge in [0.05, 0.1) is 21.3 Å². The summed E-state index contributed by atoms with van der Waals surface area (Å²) in [6.07, 6.45) is 0. The summed E-state index contributed by atoms with van der Waals surface area (Å²) in [5, 5.41) is 0.859. The van der Waals surface area contributed by atoms with Crippen LogP contribution in [0, 0.1) is 0 Å². The zero-order valence-corrected chi connectivity index (χ0v) is 10.7. The normalized spacial score (nSPS) is 10.4. The molecule has 0 aliphatic rings. The maximum Gasteiger partial charge on any atom is 0.218 e. The summed E-state index contributed by atoms with van der Waals surface area (Å²) in [5.74, 6) is 1.92.